The van der Waals surface area contributed by atoms with Gasteiger partial charge in [-0.25, -0.2) is 4.79 Å². The first kappa shape index (κ1) is 13.2. The molecule has 0 aromatic carbocycles. The molecule has 2 aliphatic rings. The van der Waals surface area contributed by atoms with Crippen molar-refractivity contribution in [3.05, 3.63) is 0 Å². The van der Waals surface area contributed by atoms with Crippen molar-refractivity contribution in [2.24, 2.45) is 5.41 Å². The highest BCUT2D eigenvalue weighted by atomic mass is 19.4. The van der Waals surface area contributed by atoms with Gasteiger partial charge in [0.1, 0.15) is 0 Å². The van der Waals surface area contributed by atoms with Gasteiger partial charge >= 0.3 is 12.1 Å². The van der Waals surface area contributed by atoms with Crippen LogP contribution in [0.1, 0.15) is 12.8 Å². The summed E-state index contributed by atoms with van der Waals surface area (Å²) < 4.78 is 31.7. The van der Waals surface area contributed by atoms with E-state index in [2.05, 4.69) is 10.6 Å². The molecular formula is C9H15F3N2O2. The number of alkyl halides is 3. The quantitative estimate of drug-likeness (QED) is 0.580. The summed E-state index contributed by atoms with van der Waals surface area (Å²) >= 11 is 0. The summed E-state index contributed by atoms with van der Waals surface area (Å²) in [6, 6.07) is 0. The van der Waals surface area contributed by atoms with Crippen LogP contribution in [0.5, 0.6) is 0 Å². The van der Waals surface area contributed by atoms with E-state index in [1.54, 1.807) is 0 Å². The summed E-state index contributed by atoms with van der Waals surface area (Å²) in [6.45, 7) is 5.02. The van der Waals surface area contributed by atoms with Crippen molar-refractivity contribution < 1.29 is 23.1 Å². The van der Waals surface area contributed by atoms with E-state index in [0.717, 1.165) is 5.41 Å². The Balaban J connectivity index is 0.000000168. The zero-order valence-electron chi connectivity index (χ0n) is 8.73. The molecule has 0 bridgehead atoms. The average Bonchev–Trinajstić information content (AvgIpc) is 2.16. The van der Waals surface area contributed by atoms with Crippen molar-refractivity contribution in [3.63, 3.8) is 0 Å². The van der Waals surface area contributed by atoms with Gasteiger partial charge in [0.2, 0.25) is 0 Å². The Morgan fingerprint density at radius 1 is 1.12 bits per heavy atom. The molecule has 2 aliphatic heterocycles. The summed E-state index contributed by atoms with van der Waals surface area (Å²) in [6.07, 6.45) is -2.31. The Labute approximate surface area is 91.2 Å². The predicted octanol–water partition coefficient (Wildman–Crippen LogP) is 0.593. The zero-order chi connectivity index (χ0) is 12.2. The van der Waals surface area contributed by atoms with E-state index in [1.807, 2.05) is 0 Å². The number of carbonyl (C=O) groups is 1. The molecule has 2 rings (SSSR count). The lowest BCUT2D eigenvalue weighted by Gasteiger charge is -2.45. The first-order valence-electron chi connectivity index (χ1n) is 5.07. The molecule has 0 saturated carbocycles. The lowest BCUT2D eigenvalue weighted by Crippen LogP contribution is -2.57. The second kappa shape index (κ2) is 5.01. The fourth-order valence-electron chi connectivity index (χ4n) is 1.79. The van der Waals surface area contributed by atoms with Crippen LogP contribution < -0.4 is 10.6 Å². The fourth-order valence-corrected chi connectivity index (χ4v) is 1.79. The van der Waals surface area contributed by atoms with Crippen molar-refractivity contribution in [1.29, 1.82) is 0 Å². The molecule has 0 radical (unpaired) electrons. The largest absolute Gasteiger partial charge is 0.490 e. The monoisotopic (exact) mass is 240 g/mol. The van der Waals surface area contributed by atoms with Crippen LogP contribution >= 0.6 is 0 Å². The predicted molar refractivity (Wildman–Crippen MR) is 51.1 cm³/mol. The van der Waals surface area contributed by atoms with Crippen molar-refractivity contribution in [2.45, 2.75) is 19.0 Å². The number of rotatable bonds is 0. The highest BCUT2D eigenvalue weighted by molar-refractivity contribution is 5.73. The van der Waals surface area contributed by atoms with Crippen molar-refractivity contribution >= 4 is 5.97 Å². The number of hydrogen-bond donors (Lipinski definition) is 3. The zero-order valence-corrected chi connectivity index (χ0v) is 8.73. The molecular weight excluding hydrogens is 225 g/mol. The van der Waals surface area contributed by atoms with E-state index < -0.39 is 12.1 Å². The Bertz CT molecular complexity index is 244. The van der Waals surface area contributed by atoms with E-state index >= 15 is 0 Å². The van der Waals surface area contributed by atoms with Crippen LogP contribution in [0.15, 0.2) is 0 Å². The summed E-state index contributed by atoms with van der Waals surface area (Å²) in [5, 5.41) is 13.8. The highest BCUT2D eigenvalue weighted by Gasteiger charge is 2.38. The van der Waals surface area contributed by atoms with E-state index in [4.69, 9.17) is 9.90 Å². The molecule has 0 aliphatic carbocycles. The molecule has 3 N–H and O–H groups in total. The number of halogens is 3. The number of nitrogens with one attached hydrogen (secondary N) is 2. The second-order valence-corrected chi connectivity index (χ2v) is 4.16. The maximum absolute atomic E-state index is 10.6. The van der Waals surface area contributed by atoms with Gasteiger partial charge in [0, 0.05) is 13.1 Å². The average molecular weight is 240 g/mol. The van der Waals surface area contributed by atoms with Crippen LogP contribution in [-0.4, -0.2) is 43.4 Å². The number of hydrogen-bond acceptors (Lipinski definition) is 3. The number of carboxylic acid groups (broad SMARTS) is 1. The molecule has 2 heterocycles. The van der Waals surface area contributed by atoms with Crippen LogP contribution in [0, 0.1) is 5.41 Å². The first-order valence-corrected chi connectivity index (χ1v) is 5.07. The normalized spacial score (nSPS) is 22.9. The van der Waals surface area contributed by atoms with E-state index in [1.165, 1.54) is 39.0 Å². The third kappa shape index (κ3) is 3.64. The molecule has 7 heteroatoms. The lowest BCUT2D eigenvalue weighted by atomic mass is 9.74. The first-order chi connectivity index (χ1) is 7.36. The van der Waals surface area contributed by atoms with Crippen LogP contribution in [-0.2, 0) is 4.79 Å². The van der Waals surface area contributed by atoms with E-state index in [-0.39, 0.29) is 0 Å². The molecule has 2 saturated heterocycles. The molecule has 2 fully saturated rings. The third-order valence-electron chi connectivity index (χ3n) is 2.91. The van der Waals surface area contributed by atoms with Crippen LogP contribution in [0.2, 0.25) is 0 Å². The van der Waals surface area contributed by atoms with Crippen LogP contribution in [0.3, 0.4) is 0 Å². The van der Waals surface area contributed by atoms with E-state index in [0.29, 0.717) is 0 Å². The maximum atomic E-state index is 10.6. The smallest absolute Gasteiger partial charge is 0.475 e. The van der Waals surface area contributed by atoms with Gasteiger partial charge in [-0.1, -0.05) is 0 Å². The van der Waals surface area contributed by atoms with E-state index in [9.17, 15) is 13.2 Å². The SMILES string of the molecule is C1CC2(CCN1)CNC2.O=C(O)C(F)(F)F. The van der Waals surface area contributed by atoms with Gasteiger partial charge in [-0.05, 0) is 31.3 Å². The summed E-state index contributed by atoms with van der Waals surface area (Å²) in [7, 11) is 0. The molecule has 0 atom stereocenters. The standard InChI is InChI=1S/C7H14N2.C2HF3O2/c1-3-8-4-2-7(1)5-9-6-7;3-2(4,5)1(6)7/h8-9H,1-6H2;(H,6,7). The van der Waals surface area contributed by atoms with Gasteiger partial charge in [-0.2, -0.15) is 13.2 Å². The van der Waals surface area contributed by atoms with Gasteiger partial charge in [-0.15, -0.1) is 0 Å². The van der Waals surface area contributed by atoms with Crippen molar-refractivity contribution in [1.82, 2.24) is 10.6 Å². The van der Waals surface area contributed by atoms with Crippen molar-refractivity contribution in [2.75, 3.05) is 26.2 Å². The minimum Gasteiger partial charge on any atom is -0.475 e. The molecule has 1 spiro atoms. The molecule has 0 unspecified atom stereocenters. The number of carboxylic acids is 1. The van der Waals surface area contributed by atoms with Gasteiger partial charge in [-0.3, -0.25) is 0 Å². The Hall–Kier alpha value is -0.820. The third-order valence-corrected chi connectivity index (χ3v) is 2.91. The lowest BCUT2D eigenvalue weighted by molar-refractivity contribution is -0.192. The summed E-state index contributed by atoms with van der Waals surface area (Å²) in [5.41, 5.74) is 0.727. The fraction of sp³-hybridized carbons (Fsp3) is 0.889. The highest BCUT2D eigenvalue weighted by Crippen LogP contribution is 2.31. The minimum atomic E-state index is -5.08. The number of aliphatic carboxylic acids is 1. The molecule has 94 valence electrons. The summed E-state index contributed by atoms with van der Waals surface area (Å²) in [5.74, 6) is -2.76. The minimum absolute atomic E-state index is 0.727. The molecule has 0 amide bonds. The van der Waals surface area contributed by atoms with Gasteiger partial charge < -0.3 is 15.7 Å². The molecule has 16 heavy (non-hydrogen) atoms. The van der Waals surface area contributed by atoms with Crippen molar-refractivity contribution in [3.8, 4) is 0 Å². The summed E-state index contributed by atoms with van der Waals surface area (Å²) in [4.78, 5) is 8.90. The topological polar surface area (TPSA) is 61.4 Å². The Morgan fingerprint density at radius 3 is 1.75 bits per heavy atom. The Morgan fingerprint density at radius 2 is 1.56 bits per heavy atom. The van der Waals surface area contributed by atoms with Gasteiger partial charge in [0.25, 0.3) is 0 Å². The number of piperidine rings is 1. The molecule has 0 aromatic rings. The van der Waals surface area contributed by atoms with Gasteiger partial charge in [0.15, 0.2) is 0 Å². The second-order valence-electron chi connectivity index (χ2n) is 4.16. The Kier molecular flexibility index (Phi) is 4.15. The van der Waals surface area contributed by atoms with Crippen LogP contribution in [0.25, 0.3) is 0 Å². The molecule has 4 nitrogen and oxygen atoms in total. The molecule has 0 aromatic heterocycles. The maximum Gasteiger partial charge on any atom is 0.490 e. The van der Waals surface area contributed by atoms with Crippen LogP contribution in [0.4, 0.5) is 13.2 Å². The van der Waals surface area contributed by atoms with Gasteiger partial charge in [0.05, 0.1) is 0 Å².